The van der Waals surface area contributed by atoms with Gasteiger partial charge in [-0.05, 0) is 36.3 Å². The van der Waals surface area contributed by atoms with Gasteiger partial charge < -0.3 is 19.5 Å². The fourth-order valence-electron chi connectivity index (χ4n) is 3.53. The highest BCUT2D eigenvalue weighted by Crippen LogP contribution is 2.40. The number of Topliss-reactive ketones (excluding diaryl/α,β-unsaturated/α-hetero) is 1. The molecule has 0 amide bonds. The number of carbonyl (C=O) groups excluding carboxylic acids is 1. The number of hydrogen-bond donors (Lipinski definition) is 1. The van der Waals surface area contributed by atoms with Crippen molar-refractivity contribution in [3.05, 3.63) is 63.4 Å². The molecule has 0 bridgehead atoms. The third-order valence-electron chi connectivity index (χ3n) is 5.00. The maximum Gasteiger partial charge on any atom is 0.232 e. The van der Waals surface area contributed by atoms with Crippen LogP contribution in [0.25, 0.3) is 6.08 Å². The summed E-state index contributed by atoms with van der Waals surface area (Å²) >= 11 is 5.92. The topological polar surface area (TPSA) is 63.0 Å². The summed E-state index contributed by atoms with van der Waals surface area (Å²) in [6, 6.07) is 8.70. The SMILES string of the molecule is Cc1cc([O-])c(C[NH+]2CCOCC2)c2c1C(=O)C(=Cc1ccc(Cl)cc1)O2. The molecule has 2 aliphatic rings. The molecule has 0 aliphatic carbocycles. The first-order valence-electron chi connectivity index (χ1n) is 8.97. The second kappa shape index (κ2) is 7.35. The second-order valence-corrected chi connectivity index (χ2v) is 7.34. The molecule has 5 nitrogen and oxygen atoms in total. The fraction of sp³-hybridized carbons (Fsp3) is 0.286. The summed E-state index contributed by atoms with van der Waals surface area (Å²) in [5.74, 6) is 0.393. The van der Waals surface area contributed by atoms with Gasteiger partial charge in [0.1, 0.15) is 25.4 Å². The Morgan fingerprint density at radius 2 is 1.93 bits per heavy atom. The highest BCUT2D eigenvalue weighted by molar-refractivity contribution is 6.30. The number of ether oxygens (including phenoxy) is 2. The molecule has 2 aliphatic heterocycles. The van der Waals surface area contributed by atoms with Crippen LogP contribution in [0, 0.1) is 6.92 Å². The number of quaternary nitrogens is 1. The highest BCUT2D eigenvalue weighted by atomic mass is 35.5. The van der Waals surface area contributed by atoms with Gasteiger partial charge in [-0.25, -0.2) is 0 Å². The number of carbonyl (C=O) groups is 1. The summed E-state index contributed by atoms with van der Waals surface area (Å²) in [5, 5.41) is 13.2. The first kappa shape index (κ1) is 18.0. The Hall–Kier alpha value is -2.34. The van der Waals surface area contributed by atoms with Crippen LogP contribution in [0.2, 0.25) is 5.02 Å². The molecule has 4 rings (SSSR count). The van der Waals surface area contributed by atoms with E-state index in [2.05, 4.69) is 0 Å². The van der Waals surface area contributed by atoms with Crippen LogP contribution in [0.5, 0.6) is 11.5 Å². The van der Waals surface area contributed by atoms with Gasteiger partial charge in [0.15, 0.2) is 5.76 Å². The van der Waals surface area contributed by atoms with Crippen LogP contribution >= 0.6 is 11.6 Å². The Bertz CT molecular complexity index is 915. The largest absolute Gasteiger partial charge is 0.872 e. The van der Waals surface area contributed by atoms with Gasteiger partial charge in [0.25, 0.3) is 0 Å². The summed E-state index contributed by atoms with van der Waals surface area (Å²) in [6.07, 6.45) is 1.69. The number of halogens is 1. The fourth-order valence-corrected chi connectivity index (χ4v) is 3.66. The number of fused-ring (bicyclic) bond motifs is 1. The smallest absolute Gasteiger partial charge is 0.232 e. The van der Waals surface area contributed by atoms with Crippen molar-refractivity contribution in [3.8, 4) is 11.5 Å². The van der Waals surface area contributed by atoms with Crippen LogP contribution in [0.4, 0.5) is 0 Å². The van der Waals surface area contributed by atoms with Crippen molar-refractivity contribution in [1.82, 2.24) is 0 Å². The van der Waals surface area contributed by atoms with Crippen LogP contribution in [0.15, 0.2) is 36.1 Å². The number of hydrogen-bond acceptors (Lipinski definition) is 4. The van der Waals surface area contributed by atoms with Crippen molar-refractivity contribution < 1.29 is 24.3 Å². The Kier molecular flexibility index (Phi) is 4.91. The number of nitrogens with one attached hydrogen (secondary N) is 1. The van der Waals surface area contributed by atoms with Gasteiger partial charge in [0.05, 0.1) is 18.8 Å². The van der Waals surface area contributed by atoms with E-state index in [-0.39, 0.29) is 17.3 Å². The van der Waals surface area contributed by atoms with Gasteiger partial charge in [-0.2, -0.15) is 0 Å². The maximum atomic E-state index is 12.9. The molecule has 0 unspecified atom stereocenters. The summed E-state index contributed by atoms with van der Waals surface area (Å²) in [5.41, 5.74) is 2.54. The van der Waals surface area contributed by atoms with E-state index >= 15 is 0 Å². The van der Waals surface area contributed by atoms with E-state index < -0.39 is 0 Å². The minimum absolute atomic E-state index is 0.0780. The van der Waals surface area contributed by atoms with E-state index in [1.165, 1.54) is 4.90 Å². The maximum absolute atomic E-state index is 12.9. The summed E-state index contributed by atoms with van der Waals surface area (Å²) in [7, 11) is 0. The van der Waals surface area contributed by atoms with E-state index in [0.29, 0.717) is 47.2 Å². The predicted octanol–water partition coefficient (Wildman–Crippen LogP) is 1.75. The minimum atomic E-state index is -0.185. The predicted molar refractivity (Wildman–Crippen MR) is 100 cm³/mol. The molecule has 2 aromatic rings. The number of rotatable bonds is 3. The zero-order valence-corrected chi connectivity index (χ0v) is 15.8. The normalized spacial score (nSPS) is 18.6. The van der Waals surface area contributed by atoms with E-state index in [4.69, 9.17) is 21.1 Å². The molecule has 1 N–H and O–H groups in total. The average molecular weight is 386 g/mol. The Balaban J connectivity index is 1.69. The molecule has 0 saturated carbocycles. The number of aryl methyl sites for hydroxylation is 1. The molecule has 0 aromatic heterocycles. The van der Waals surface area contributed by atoms with Crippen molar-refractivity contribution in [1.29, 1.82) is 0 Å². The quantitative estimate of drug-likeness (QED) is 0.818. The van der Waals surface area contributed by atoms with Crippen LogP contribution in [-0.2, 0) is 11.3 Å². The monoisotopic (exact) mass is 385 g/mol. The van der Waals surface area contributed by atoms with Crippen LogP contribution in [0.3, 0.4) is 0 Å². The van der Waals surface area contributed by atoms with E-state index in [9.17, 15) is 9.90 Å². The van der Waals surface area contributed by atoms with Crippen molar-refractivity contribution in [2.75, 3.05) is 26.3 Å². The Morgan fingerprint density at radius 3 is 2.63 bits per heavy atom. The first-order chi connectivity index (χ1) is 13.0. The molecular formula is C21H20ClNO4. The molecule has 0 atom stereocenters. The Labute approximate surface area is 162 Å². The van der Waals surface area contributed by atoms with Gasteiger partial charge >= 0.3 is 0 Å². The van der Waals surface area contributed by atoms with Gasteiger partial charge in [0.2, 0.25) is 5.78 Å². The van der Waals surface area contributed by atoms with Gasteiger partial charge in [0, 0.05) is 10.6 Å². The van der Waals surface area contributed by atoms with Gasteiger partial charge in [-0.1, -0.05) is 35.5 Å². The molecule has 1 fully saturated rings. The zero-order chi connectivity index (χ0) is 19.0. The number of ketones is 1. The molecule has 27 heavy (non-hydrogen) atoms. The summed E-state index contributed by atoms with van der Waals surface area (Å²) < 4.78 is 11.3. The van der Waals surface area contributed by atoms with Crippen LogP contribution < -0.4 is 14.7 Å². The van der Waals surface area contributed by atoms with E-state index in [0.717, 1.165) is 18.7 Å². The Morgan fingerprint density at radius 1 is 1.22 bits per heavy atom. The zero-order valence-electron chi connectivity index (χ0n) is 15.0. The molecule has 140 valence electrons. The molecule has 2 aromatic carbocycles. The third kappa shape index (κ3) is 3.58. The minimum Gasteiger partial charge on any atom is -0.872 e. The summed E-state index contributed by atoms with van der Waals surface area (Å²) in [6.45, 7) is 5.34. The van der Waals surface area contributed by atoms with Crippen molar-refractivity contribution in [2.24, 2.45) is 0 Å². The average Bonchev–Trinajstić information content (AvgIpc) is 2.98. The van der Waals surface area contributed by atoms with Gasteiger partial charge in [-0.3, -0.25) is 4.79 Å². The molecule has 0 spiro atoms. The second-order valence-electron chi connectivity index (χ2n) is 6.90. The number of benzene rings is 2. The van der Waals surface area contributed by atoms with Crippen molar-refractivity contribution in [2.45, 2.75) is 13.5 Å². The molecular weight excluding hydrogens is 366 g/mol. The molecule has 6 heteroatoms. The lowest BCUT2D eigenvalue weighted by Crippen LogP contribution is -3.12. The first-order valence-corrected chi connectivity index (χ1v) is 9.35. The molecule has 2 heterocycles. The molecule has 0 radical (unpaired) electrons. The van der Waals surface area contributed by atoms with E-state index in [1.54, 1.807) is 31.2 Å². The highest BCUT2D eigenvalue weighted by Gasteiger charge is 2.33. The lowest BCUT2D eigenvalue weighted by atomic mass is 9.99. The lowest BCUT2D eigenvalue weighted by molar-refractivity contribution is -0.921. The van der Waals surface area contributed by atoms with Crippen LogP contribution in [0.1, 0.15) is 27.0 Å². The summed E-state index contributed by atoms with van der Waals surface area (Å²) in [4.78, 5) is 14.2. The van der Waals surface area contributed by atoms with E-state index in [1.807, 2.05) is 12.1 Å². The van der Waals surface area contributed by atoms with Crippen molar-refractivity contribution in [3.63, 3.8) is 0 Å². The number of allylic oxidation sites excluding steroid dienone is 1. The standard InChI is InChI=1S/C21H20ClNO4/c1-13-10-17(24)16(12-23-6-8-26-9-7-23)21-19(13)20(25)18(27-21)11-14-2-4-15(22)5-3-14/h2-5,10-11,24H,6-9,12H2,1H3. The van der Waals surface area contributed by atoms with Gasteiger partial charge in [-0.15, -0.1) is 0 Å². The molecule has 1 saturated heterocycles. The van der Waals surface area contributed by atoms with Crippen LogP contribution in [-0.4, -0.2) is 32.1 Å². The third-order valence-corrected chi connectivity index (χ3v) is 5.25. The number of morpholine rings is 1. The van der Waals surface area contributed by atoms with Crippen molar-refractivity contribution >= 4 is 23.5 Å². The lowest BCUT2D eigenvalue weighted by Gasteiger charge is -2.26.